The molecule has 2 aromatic rings. The molecule has 0 fully saturated rings. The number of halogens is 2. The van der Waals surface area contributed by atoms with Crippen LogP contribution in [-0.4, -0.2) is 42.2 Å². The number of ether oxygens (including phenoxy) is 1. The second-order valence-corrected chi connectivity index (χ2v) is 9.14. The van der Waals surface area contributed by atoms with E-state index < -0.39 is 6.04 Å². The molecule has 2 amide bonds. The van der Waals surface area contributed by atoms with Gasteiger partial charge in [0.15, 0.2) is 0 Å². The summed E-state index contributed by atoms with van der Waals surface area (Å²) >= 11 is 13.7. The van der Waals surface area contributed by atoms with E-state index in [-0.39, 0.29) is 17.6 Å². The molecule has 0 bridgehead atoms. The largest absolute Gasteiger partial charge is 0.497 e. The minimum atomic E-state index is -0.532. The quantitative estimate of drug-likeness (QED) is 0.417. The Hall–Kier alpha value is -1.89. The lowest BCUT2D eigenvalue weighted by Crippen LogP contribution is -2.49. The number of amides is 2. The fourth-order valence-electron chi connectivity index (χ4n) is 3.18. The molecule has 0 saturated carbocycles. The molecule has 1 N–H and O–H groups in total. The van der Waals surface area contributed by atoms with Crippen LogP contribution >= 0.6 is 35.0 Å². The number of rotatable bonds is 12. The van der Waals surface area contributed by atoms with Crippen molar-refractivity contribution in [2.75, 3.05) is 19.4 Å². The number of benzene rings is 2. The van der Waals surface area contributed by atoms with Crippen LogP contribution in [0, 0.1) is 0 Å². The lowest BCUT2D eigenvalue weighted by molar-refractivity contribution is -0.139. The molecule has 2 aromatic carbocycles. The van der Waals surface area contributed by atoms with E-state index in [1.165, 1.54) is 11.8 Å². The number of methoxy groups -OCH3 is 1. The van der Waals surface area contributed by atoms with Crippen molar-refractivity contribution in [1.29, 1.82) is 0 Å². The molecule has 174 valence electrons. The van der Waals surface area contributed by atoms with E-state index in [9.17, 15) is 9.59 Å². The van der Waals surface area contributed by atoms with Crippen LogP contribution in [0.2, 0.25) is 10.0 Å². The Morgan fingerprint density at radius 2 is 1.84 bits per heavy atom. The second kappa shape index (κ2) is 13.6. The molecule has 0 aromatic heterocycles. The maximum absolute atomic E-state index is 13.2. The van der Waals surface area contributed by atoms with Crippen LogP contribution in [0.15, 0.2) is 42.5 Å². The maximum Gasteiger partial charge on any atom is 0.242 e. The van der Waals surface area contributed by atoms with Gasteiger partial charge in [-0.2, -0.15) is 0 Å². The molecular weight excluding hydrogens is 467 g/mol. The summed E-state index contributed by atoms with van der Waals surface area (Å²) in [5, 5.41) is 4.09. The summed E-state index contributed by atoms with van der Waals surface area (Å²) in [6, 6.07) is 12.3. The van der Waals surface area contributed by atoms with E-state index in [2.05, 4.69) is 5.32 Å². The van der Waals surface area contributed by atoms with Crippen molar-refractivity contribution >= 4 is 46.8 Å². The predicted octanol–water partition coefficient (Wildman–Crippen LogP) is 5.57. The van der Waals surface area contributed by atoms with Crippen molar-refractivity contribution in [2.45, 2.75) is 45.0 Å². The van der Waals surface area contributed by atoms with Crippen molar-refractivity contribution in [3.63, 3.8) is 0 Å². The summed E-state index contributed by atoms with van der Waals surface area (Å²) in [5.74, 6) is 1.36. The number of thioether (sulfide) groups is 1. The molecule has 5 nitrogen and oxygen atoms in total. The molecular formula is C24H30Cl2N2O3S. The number of hydrogen-bond donors (Lipinski definition) is 1. The Morgan fingerprint density at radius 1 is 1.12 bits per heavy atom. The smallest absolute Gasteiger partial charge is 0.242 e. The number of nitrogens with one attached hydrogen (secondary N) is 1. The monoisotopic (exact) mass is 496 g/mol. The zero-order valence-corrected chi connectivity index (χ0v) is 21.0. The highest BCUT2D eigenvalue weighted by Gasteiger charge is 2.28. The molecule has 0 spiro atoms. The van der Waals surface area contributed by atoms with Crippen LogP contribution in [0.3, 0.4) is 0 Å². The van der Waals surface area contributed by atoms with Gasteiger partial charge in [0.25, 0.3) is 0 Å². The maximum atomic E-state index is 13.2. The Bertz CT molecular complexity index is 893. The summed E-state index contributed by atoms with van der Waals surface area (Å²) in [7, 11) is 1.61. The van der Waals surface area contributed by atoms with Crippen molar-refractivity contribution < 1.29 is 14.3 Å². The lowest BCUT2D eigenvalue weighted by Gasteiger charge is -2.30. The summed E-state index contributed by atoms with van der Waals surface area (Å²) in [5.41, 5.74) is 1.86. The minimum Gasteiger partial charge on any atom is -0.497 e. The van der Waals surface area contributed by atoms with Gasteiger partial charge >= 0.3 is 0 Å². The van der Waals surface area contributed by atoms with E-state index in [0.29, 0.717) is 35.3 Å². The van der Waals surface area contributed by atoms with Gasteiger partial charge < -0.3 is 15.0 Å². The first-order valence-electron chi connectivity index (χ1n) is 10.6. The first-order chi connectivity index (χ1) is 15.4. The Kier molecular flexibility index (Phi) is 11.2. The van der Waals surface area contributed by atoms with Crippen molar-refractivity contribution in [3.8, 4) is 5.75 Å². The van der Waals surface area contributed by atoms with Crippen LogP contribution < -0.4 is 10.1 Å². The number of nitrogens with zero attached hydrogens (tertiary/aromatic N) is 1. The number of carbonyl (C=O) groups is 2. The first kappa shape index (κ1) is 26.4. The van der Waals surface area contributed by atoms with Crippen LogP contribution in [0.5, 0.6) is 5.75 Å². The lowest BCUT2D eigenvalue weighted by atomic mass is 10.1. The molecule has 0 radical (unpaired) electrons. The highest BCUT2D eigenvalue weighted by Crippen LogP contribution is 2.25. The summed E-state index contributed by atoms with van der Waals surface area (Å²) in [6.07, 6.45) is 1.37. The molecule has 2 rings (SSSR count). The minimum absolute atomic E-state index is 0.0885. The standard InChI is InChI=1S/C24H30Cl2N2O3S/c1-4-12-27-24(30)22(5-2)28(14-17-6-10-20(31-3)11-7-17)23(29)16-32-15-18-8-9-19(25)13-21(18)26/h6-11,13,22H,4-5,12,14-16H2,1-3H3,(H,27,30)/t22-/m0/s1. The van der Waals surface area contributed by atoms with E-state index in [0.717, 1.165) is 23.3 Å². The fraction of sp³-hybridized carbons (Fsp3) is 0.417. The van der Waals surface area contributed by atoms with Gasteiger partial charge in [-0.25, -0.2) is 0 Å². The zero-order valence-electron chi connectivity index (χ0n) is 18.7. The van der Waals surface area contributed by atoms with Crippen LogP contribution in [0.25, 0.3) is 0 Å². The zero-order chi connectivity index (χ0) is 23.5. The fourth-order valence-corrected chi connectivity index (χ4v) is 4.65. The molecule has 0 heterocycles. The average Bonchev–Trinajstić information content (AvgIpc) is 2.79. The average molecular weight is 497 g/mol. The SMILES string of the molecule is CCCNC(=O)[C@H](CC)N(Cc1ccc(OC)cc1)C(=O)CSCc1ccc(Cl)cc1Cl. The van der Waals surface area contributed by atoms with E-state index in [1.807, 2.05) is 44.2 Å². The van der Waals surface area contributed by atoms with Gasteiger partial charge in [-0.15, -0.1) is 11.8 Å². The van der Waals surface area contributed by atoms with E-state index >= 15 is 0 Å². The summed E-state index contributed by atoms with van der Waals surface area (Å²) < 4.78 is 5.22. The van der Waals surface area contributed by atoms with Gasteiger partial charge in [0.1, 0.15) is 11.8 Å². The third kappa shape index (κ3) is 7.91. The molecule has 0 saturated heterocycles. The highest BCUT2D eigenvalue weighted by molar-refractivity contribution is 7.99. The number of hydrogen-bond acceptors (Lipinski definition) is 4. The van der Waals surface area contributed by atoms with Gasteiger partial charge in [-0.05, 0) is 48.2 Å². The Morgan fingerprint density at radius 3 is 2.44 bits per heavy atom. The summed E-state index contributed by atoms with van der Waals surface area (Å²) in [6.45, 7) is 4.86. The molecule has 8 heteroatoms. The molecule has 0 aliphatic rings. The molecule has 1 atom stereocenters. The third-order valence-electron chi connectivity index (χ3n) is 4.95. The van der Waals surface area contributed by atoms with E-state index in [1.54, 1.807) is 24.1 Å². The van der Waals surface area contributed by atoms with Gasteiger partial charge in [-0.3, -0.25) is 9.59 Å². The van der Waals surface area contributed by atoms with Gasteiger partial charge in [-0.1, -0.05) is 55.2 Å². The molecule has 32 heavy (non-hydrogen) atoms. The molecule has 0 aliphatic carbocycles. The van der Waals surface area contributed by atoms with Gasteiger partial charge in [0, 0.05) is 28.9 Å². The Balaban J connectivity index is 2.13. The normalized spacial score (nSPS) is 11.7. The topological polar surface area (TPSA) is 58.6 Å². The predicted molar refractivity (Wildman–Crippen MR) is 134 cm³/mol. The number of carbonyl (C=O) groups excluding carboxylic acids is 2. The molecule has 0 unspecified atom stereocenters. The van der Waals surface area contributed by atoms with Crippen LogP contribution in [0.1, 0.15) is 37.8 Å². The van der Waals surface area contributed by atoms with E-state index in [4.69, 9.17) is 27.9 Å². The van der Waals surface area contributed by atoms with Crippen LogP contribution in [0.4, 0.5) is 0 Å². The molecule has 0 aliphatic heterocycles. The Labute approximate surface area is 204 Å². The summed E-state index contributed by atoms with van der Waals surface area (Å²) in [4.78, 5) is 27.7. The van der Waals surface area contributed by atoms with Crippen LogP contribution in [-0.2, 0) is 21.9 Å². The van der Waals surface area contributed by atoms with Crippen molar-refractivity contribution in [2.24, 2.45) is 0 Å². The van der Waals surface area contributed by atoms with Crippen molar-refractivity contribution in [1.82, 2.24) is 10.2 Å². The second-order valence-electron chi connectivity index (χ2n) is 7.31. The highest BCUT2D eigenvalue weighted by atomic mass is 35.5. The van der Waals surface area contributed by atoms with Crippen molar-refractivity contribution in [3.05, 3.63) is 63.6 Å². The van der Waals surface area contributed by atoms with Gasteiger partial charge in [0.05, 0.1) is 12.9 Å². The van der Waals surface area contributed by atoms with Gasteiger partial charge in [0.2, 0.25) is 11.8 Å². The third-order valence-corrected chi connectivity index (χ3v) is 6.50. The first-order valence-corrected chi connectivity index (χ1v) is 12.5.